The maximum Gasteiger partial charge on any atom is 0.216 e. The standard InChI is InChI=1S/C18H35N5O2/c1-7-19-17(20-9-11-23(5)10-8-12-24-6)22-14-16-21-13-15(25-16)18(2,3)4/h13H,7-12,14H2,1-6H3,(H2,19,20,22). The lowest BCUT2D eigenvalue weighted by atomic mass is 9.94. The number of hydrogen-bond donors (Lipinski definition) is 2. The number of hydrogen-bond acceptors (Lipinski definition) is 5. The van der Waals surface area contributed by atoms with Gasteiger partial charge in [-0.15, -0.1) is 0 Å². The van der Waals surface area contributed by atoms with Crippen molar-refractivity contribution in [1.29, 1.82) is 0 Å². The van der Waals surface area contributed by atoms with E-state index in [1.807, 2.05) is 0 Å². The van der Waals surface area contributed by atoms with Crippen LogP contribution < -0.4 is 10.6 Å². The zero-order valence-corrected chi connectivity index (χ0v) is 16.7. The maximum atomic E-state index is 5.78. The molecule has 0 aliphatic rings. The number of oxazole rings is 1. The third-order valence-corrected chi connectivity index (χ3v) is 3.68. The summed E-state index contributed by atoms with van der Waals surface area (Å²) in [5, 5.41) is 6.59. The van der Waals surface area contributed by atoms with Crippen LogP contribution >= 0.6 is 0 Å². The molecule has 0 radical (unpaired) electrons. The number of rotatable bonds is 10. The summed E-state index contributed by atoms with van der Waals surface area (Å²) in [5.41, 5.74) is -0.0366. The van der Waals surface area contributed by atoms with Crippen molar-refractivity contribution in [1.82, 2.24) is 20.5 Å². The molecular weight excluding hydrogens is 318 g/mol. The first-order valence-corrected chi connectivity index (χ1v) is 9.01. The normalized spacial score (nSPS) is 12.7. The summed E-state index contributed by atoms with van der Waals surface area (Å²) in [6.45, 7) is 13.2. The van der Waals surface area contributed by atoms with Crippen molar-refractivity contribution in [3.05, 3.63) is 17.8 Å². The maximum absolute atomic E-state index is 5.78. The number of methoxy groups -OCH3 is 1. The van der Waals surface area contributed by atoms with E-state index in [2.05, 4.69) is 60.3 Å². The van der Waals surface area contributed by atoms with Crippen LogP contribution in [0.2, 0.25) is 0 Å². The molecule has 0 bridgehead atoms. The van der Waals surface area contributed by atoms with Gasteiger partial charge in [0.15, 0.2) is 5.96 Å². The first-order chi connectivity index (χ1) is 11.9. The SMILES string of the molecule is CCNC(=NCc1ncc(C(C)(C)C)o1)NCCN(C)CCCOC. The van der Waals surface area contributed by atoms with Crippen molar-refractivity contribution in [3.8, 4) is 0 Å². The number of likely N-dealkylation sites (N-methyl/N-ethyl adjacent to an activating group) is 1. The number of nitrogens with zero attached hydrogens (tertiary/aromatic N) is 3. The minimum atomic E-state index is -0.0366. The van der Waals surface area contributed by atoms with E-state index in [0.29, 0.717) is 12.4 Å². The van der Waals surface area contributed by atoms with E-state index < -0.39 is 0 Å². The zero-order valence-electron chi connectivity index (χ0n) is 16.7. The minimum Gasteiger partial charge on any atom is -0.443 e. The number of guanidine groups is 1. The average Bonchev–Trinajstić information content (AvgIpc) is 3.02. The predicted molar refractivity (Wildman–Crippen MR) is 102 cm³/mol. The van der Waals surface area contributed by atoms with Crippen molar-refractivity contribution >= 4 is 5.96 Å². The molecule has 0 fully saturated rings. The third-order valence-electron chi connectivity index (χ3n) is 3.68. The van der Waals surface area contributed by atoms with Gasteiger partial charge in [-0.1, -0.05) is 20.8 Å². The molecule has 1 rings (SSSR count). The molecule has 0 atom stereocenters. The Morgan fingerprint density at radius 1 is 1.32 bits per heavy atom. The lowest BCUT2D eigenvalue weighted by Crippen LogP contribution is -2.41. The van der Waals surface area contributed by atoms with Crippen LogP contribution in [0.25, 0.3) is 0 Å². The fourth-order valence-corrected chi connectivity index (χ4v) is 2.17. The van der Waals surface area contributed by atoms with Crippen molar-refractivity contribution in [2.45, 2.75) is 46.1 Å². The Hall–Kier alpha value is -1.60. The van der Waals surface area contributed by atoms with Gasteiger partial charge in [0.05, 0.1) is 6.20 Å². The number of aliphatic imine (C=N–C) groups is 1. The second-order valence-corrected chi connectivity index (χ2v) is 7.14. The van der Waals surface area contributed by atoms with Crippen LogP contribution in [0.4, 0.5) is 0 Å². The lowest BCUT2D eigenvalue weighted by molar-refractivity contribution is 0.180. The summed E-state index contributed by atoms with van der Waals surface area (Å²) in [6, 6.07) is 0. The fraction of sp³-hybridized carbons (Fsp3) is 0.778. The highest BCUT2D eigenvalue weighted by molar-refractivity contribution is 5.79. The van der Waals surface area contributed by atoms with E-state index in [1.165, 1.54) is 0 Å². The van der Waals surface area contributed by atoms with Crippen molar-refractivity contribution in [3.63, 3.8) is 0 Å². The van der Waals surface area contributed by atoms with Crippen molar-refractivity contribution < 1.29 is 9.15 Å². The van der Waals surface area contributed by atoms with Gasteiger partial charge in [-0.05, 0) is 20.4 Å². The Labute approximate surface area is 152 Å². The second kappa shape index (κ2) is 11.1. The van der Waals surface area contributed by atoms with E-state index in [9.17, 15) is 0 Å². The Morgan fingerprint density at radius 2 is 2.08 bits per heavy atom. The molecule has 7 nitrogen and oxygen atoms in total. The van der Waals surface area contributed by atoms with Crippen LogP contribution in [-0.2, 0) is 16.7 Å². The van der Waals surface area contributed by atoms with E-state index >= 15 is 0 Å². The molecule has 144 valence electrons. The van der Waals surface area contributed by atoms with Gasteiger partial charge in [0.1, 0.15) is 12.3 Å². The van der Waals surface area contributed by atoms with Crippen molar-refractivity contribution in [2.24, 2.45) is 4.99 Å². The highest BCUT2D eigenvalue weighted by atomic mass is 16.5. The van der Waals surface area contributed by atoms with E-state index in [0.717, 1.165) is 50.9 Å². The van der Waals surface area contributed by atoms with Gasteiger partial charge in [-0.25, -0.2) is 9.98 Å². The van der Waals surface area contributed by atoms with Crippen LogP contribution in [0.1, 0.15) is 45.8 Å². The van der Waals surface area contributed by atoms with Gasteiger partial charge < -0.3 is 24.7 Å². The first-order valence-electron chi connectivity index (χ1n) is 9.01. The smallest absolute Gasteiger partial charge is 0.216 e. The molecule has 1 aromatic rings. The molecule has 0 saturated heterocycles. The molecular formula is C18H35N5O2. The Morgan fingerprint density at radius 3 is 2.68 bits per heavy atom. The van der Waals surface area contributed by atoms with E-state index in [4.69, 9.17) is 9.15 Å². The summed E-state index contributed by atoms with van der Waals surface area (Å²) < 4.78 is 10.9. The Balaban J connectivity index is 2.44. The van der Waals surface area contributed by atoms with Crippen LogP contribution in [0.5, 0.6) is 0 Å². The van der Waals surface area contributed by atoms with Gasteiger partial charge in [0, 0.05) is 45.3 Å². The number of aromatic nitrogens is 1. The van der Waals surface area contributed by atoms with Gasteiger partial charge in [0.25, 0.3) is 0 Å². The molecule has 1 heterocycles. The summed E-state index contributed by atoms with van der Waals surface area (Å²) in [6.07, 6.45) is 2.83. The van der Waals surface area contributed by atoms with Crippen LogP contribution in [-0.4, -0.2) is 62.8 Å². The molecule has 0 unspecified atom stereocenters. The molecule has 0 aliphatic heterocycles. The number of nitrogens with one attached hydrogen (secondary N) is 2. The quantitative estimate of drug-likeness (QED) is 0.381. The highest BCUT2D eigenvalue weighted by Crippen LogP contribution is 2.22. The monoisotopic (exact) mass is 353 g/mol. The minimum absolute atomic E-state index is 0.0366. The van der Waals surface area contributed by atoms with E-state index in [-0.39, 0.29) is 5.41 Å². The summed E-state index contributed by atoms with van der Waals surface area (Å²) in [4.78, 5) is 11.1. The van der Waals surface area contributed by atoms with E-state index in [1.54, 1.807) is 13.3 Å². The fourth-order valence-electron chi connectivity index (χ4n) is 2.17. The van der Waals surface area contributed by atoms with Crippen LogP contribution in [0.15, 0.2) is 15.6 Å². The molecule has 7 heteroatoms. The third kappa shape index (κ3) is 8.88. The Bertz CT molecular complexity index is 508. The van der Waals surface area contributed by atoms with Crippen LogP contribution in [0.3, 0.4) is 0 Å². The molecule has 0 aliphatic carbocycles. The largest absolute Gasteiger partial charge is 0.443 e. The van der Waals surface area contributed by atoms with Gasteiger partial charge in [-0.2, -0.15) is 0 Å². The lowest BCUT2D eigenvalue weighted by Gasteiger charge is -2.18. The van der Waals surface area contributed by atoms with Gasteiger partial charge in [0.2, 0.25) is 5.89 Å². The molecule has 2 N–H and O–H groups in total. The van der Waals surface area contributed by atoms with Gasteiger partial charge in [-0.3, -0.25) is 0 Å². The Kier molecular flexibility index (Phi) is 9.52. The first kappa shape index (κ1) is 21.4. The molecule has 0 amide bonds. The highest BCUT2D eigenvalue weighted by Gasteiger charge is 2.18. The van der Waals surface area contributed by atoms with Crippen molar-refractivity contribution in [2.75, 3.05) is 46.9 Å². The average molecular weight is 354 g/mol. The topological polar surface area (TPSA) is 74.9 Å². The predicted octanol–water partition coefficient (Wildman–Crippen LogP) is 2.00. The summed E-state index contributed by atoms with van der Waals surface area (Å²) >= 11 is 0. The summed E-state index contributed by atoms with van der Waals surface area (Å²) in [5.74, 6) is 2.30. The molecule has 0 spiro atoms. The molecule has 0 aromatic carbocycles. The molecule has 0 saturated carbocycles. The summed E-state index contributed by atoms with van der Waals surface area (Å²) in [7, 11) is 3.85. The molecule has 1 aromatic heterocycles. The second-order valence-electron chi connectivity index (χ2n) is 7.14. The van der Waals surface area contributed by atoms with Crippen LogP contribution in [0, 0.1) is 0 Å². The molecule has 25 heavy (non-hydrogen) atoms. The number of ether oxygens (including phenoxy) is 1. The zero-order chi connectivity index (χ0) is 18.7. The van der Waals surface area contributed by atoms with Gasteiger partial charge >= 0.3 is 0 Å².